The standard InChI is InChI=1S/C27H24F6N2O5/c1-16(2)35(25(37)18-9-19(26(28,29)30)11-20(10-18)27(31,32)33)14-24(36)34(13-21-4-3-7-38-21)12-17-5-6-22-23(8-17)40-15-39-22/h3-11,16H,12-15H2,1-2H3. The average Bonchev–Trinajstić information content (AvgIpc) is 3.56. The second-order valence-corrected chi connectivity index (χ2v) is 9.34. The zero-order valence-corrected chi connectivity index (χ0v) is 21.3. The van der Waals surface area contributed by atoms with Gasteiger partial charge in [0.05, 0.1) is 23.9 Å². The lowest BCUT2D eigenvalue weighted by Crippen LogP contribution is -2.45. The molecule has 2 amide bonds. The van der Waals surface area contributed by atoms with Crippen molar-refractivity contribution in [3.05, 3.63) is 82.8 Å². The number of carbonyl (C=O) groups is 2. The first-order chi connectivity index (χ1) is 18.7. The van der Waals surface area contributed by atoms with Gasteiger partial charge in [-0.1, -0.05) is 6.07 Å². The van der Waals surface area contributed by atoms with E-state index < -0.39 is 53.4 Å². The van der Waals surface area contributed by atoms with Gasteiger partial charge in [0.2, 0.25) is 12.7 Å². The minimum Gasteiger partial charge on any atom is -0.467 e. The number of hydrogen-bond acceptors (Lipinski definition) is 5. The van der Waals surface area contributed by atoms with Gasteiger partial charge in [-0.3, -0.25) is 9.59 Å². The number of amides is 2. The van der Waals surface area contributed by atoms with Crippen LogP contribution in [0, 0.1) is 0 Å². The topological polar surface area (TPSA) is 72.2 Å². The van der Waals surface area contributed by atoms with E-state index in [-0.39, 0.29) is 25.9 Å². The molecule has 0 saturated carbocycles. The Bertz CT molecular complexity index is 1340. The van der Waals surface area contributed by atoms with Crippen molar-refractivity contribution in [3.8, 4) is 11.5 Å². The molecule has 2 aromatic carbocycles. The summed E-state index contributed by atoms with van der Waals surface area (Å²) in [6.45, 7) is 2.46. The second-order valence-electron chi connectivity index (χ2n) is 9.34. The van der Waals surface area contributed by atoms with Gasteiger partial charge < -0.3 is 23.7 Å². The number of hydrogen-bond donors (Lipinski definition) is 0. The quantitative estimate of drug-likeness (QED) is 0.305. The Kier molecular flexibility index (Phi) is 8.03. The molecular formula is C27H24F6N2O5. The van der Waals surface area contributed by atoms with E-state index >= 15 is 0 Å². The summed E-state index contributed by atoms with van der Waals surface area (Å²) in [6, 6.07) is 8.22. The lowest BCUT2D eigenvalue weighted by atomic mass is 10.0. The summed E-state index contributed by atoms with van der Waals surface area (Å²) in [4.78, 5) is 29.0. The average molecular weight is 570 g/mol. The maximum Gasteiger partial charge on any atom is 0.416 e. The lowest BCUT2D eigenvalue weighted by Gasteiger charge is -2.30. The number of ether oxygens (including phenoxy) is 2. The van der Waals surface area contributed by atoms with Crippen molar-refractivity contribution in [2.75, 3.05) is 13.3 Å². The number of nitrogens with zero attached hydrogens (tertiary/aromatic N) is 2. The van der Waals surface area contributed by atoms with E-state index in [0.29, 0.717) is 35.0 Å². The highest BCUT2D eigenvalue weighted by Gasteiger charge is 2.38. The Hall–Kier alpha value is -4.16. The molecule has 0 unspecified atom stereocenters. The zero-order valence-electron chi connectivity index (χ0n) is 21.3. The summed E-state index contributed by atoms with van der Waals surface area (Å²) in [7, 11) is 0. The van der Waals surface area contributed by atoms with E-state index in [4.69, 9.17) is 13.9 Å². The smallest absolute Gasteiger partial charge is 0.416 e. The van der Waals surface area contributed by atoms with Crippen LogP contribution >= 0.6 is 0 Å². The SMILES string of the molecule is CC(C)N(CC(=O)N(Cc1ccc2c(c1)OCO2)Cc1ccco1)C(=O)c1cc(C(F)(F)F)cc(C(F)(F)F)c1. The summed E-state index contributed by atoms with van der Waals surface area (Å²) in [5.41, 5.74) is -3.43. The molecule has 0 radical (unpaired) electrons. The fourth-order valence-electron chi connectivity index (χ4n) is 4.06. The number of furan rings is 1. The van der Waals surface area contributed by atoms with Gasteiger partial charge in [0.1, 0.15) is 12.3 Å². The normalized spacial score (nSPS) is 13.0. The molecule has 0 fully saturated rings. The summed E-state index contributed by atoms with van der Waals surface area (Å²) in [6.07, 6.45) is -8.84. The van der Waals surface area contributed by atoms with E-state index in [1.54, 1.807) is 30.3 Å². The maximum absolute atomic E-state index is 13.5. The van der Waals surface area contributed by atoms with Gasteiger partial charge in [-0.2, -0.15) is 26.3 Å². The Morgan fingerprint density at radius 3 is 2.10 bits per heavy atom. The number of halogens is 6. The van der Waals surface area contributed by atoms with Gasteiger partial charge in [-0.05, 0) is 61.9 Å². The number of benzene rings is 2. The lowest BCUT2D eigenvalue weighted by molar-refractivity contribution is -0.143. The second kappa shape index (κ2) is 11.1. The van der Waals surface area contributed by atoms with Gasteiger partial charge in [-0.15, -0.1) is 0 Å². The molecule has 1 aliphatic rings. The van der Waals surface area contributed by atoms with Gasteiger partial charge >= 0.3 is 12.4 Å². The molecule has 214 valence electrons. The third kappa shape index (κ3) is 6.69. The van der Waals surface area contributed by atoms with Crippen LogP contribution in [0.3, 0.4) is 0 Å². The first-order valence-electron chi connectivity index (χ1n) is 12.0. The van der Waals surface area contributed by atoms with Crippen LogP contribution in [0.25, 0.3) is 0 Å². The van der Waals surface area contributed by atoms with Crippen LogP contribution in [-0.4, -0.2) is 41.0 Å². The molecule has 4 rings (SSSR count). The third-order valence-corrected chi connectivity index (χ3v) is 6.11. The summed E-state index contributed by atoms with van der Waals surface area (Å²) in [5.74, 6) is -0.334. The molecule has 13 heteroatoms. The number of carbonyl (C=O) groups excluding carboxylic acids is 2. The predicted molar refractivity (Wildman–Crippen MR) is 128 cm³/mol. The van der Waals surface area contributed by atoms with Crippen LogP contribution in [0.15, 0.2) is 59.2 Å². The predicted octanol–water partition coefficient (Wildman–Crippen LogP) is 6.13. The monoisotopic (exact) mass is 570 g/mol. The zero-order chi connectivity index (χ0) is 29.2. The minimum atomic E-state index is -5.13. The number of alkyl halides is 6. The van der Waals surface area contributed by atoms with Crippen molar-refractivity contribution in [3.63, 3.8) is 0 Å². The largest absolute Gasteiger partial charge is 0.467 e. The number of fused-ring (bicyclic) bond motifs is 1. The Morgan fingerprint density at radius 1 is 0.875 bits per heavy atom. The van der Waals surface area contributed by atoms with Crippen molar-refractivity contribution in [2.24, 2.45) is 0 Å². The fraction of sp³-hybridized carbons (Fsp3) is 0.333. The van der Waals surface area contributed by atoms with Gasteiger partial charge in [-0.25, -0.2) is 0 Å². The molecular weight excluding hydrogens is 546 g/mol. The van der Waals surface area contributed by atoms with Crippen molar-refractivity contribution in [1.82, 2.24) is 9.80 Å². The van der Waals surface area contributed by atoms with Crippen LogP contribution in [0.2, 0.25) is 0 Å². The van der Waals surface area contributed by atoms with Crippen LogP contribution < -0.4 is 9.47 Å². The van der Waals surface area contributed by atoms with Crippen LogP contribution in [0.4, 0.5) is 26.3 Å². The molecule has 0 atom stereocenters. The summed E-state index contributed by atoms with van der Waals surface area (Å²) < 4.78 is 96.2. The van der Waals surface area contributed by atoms with E-state index in [9.17, 15) is 35.9 Å². The molecule has 3 aromatic rings. The summed E-state index contributed by atoms with van der Waals surface area (Å²) >= 11 is 0. The van der Waals surface area contributed by atoms with Gasteiger partial charge in [0, 0.05) is 18.2 Å². The molecule has 0 saturated heterocycles. The molecule has 7 nitrogen and oxygen atoms in total. The van der Waals surface area contributed by atoms with Crippen molar-refractivity contribution in [2.45, 2.75) is 45.3 Å². The fourth-order valence-corrected chi connectivity index (χ4v) is 4.06. The molecule has 0 aliphatic carbocycles. The summed E-state index contributed by atoms with van der Waals surface area (Å²) in [5, 5.41) is 0. The van der Waals surface area contributed by atoms with E-state index in [1.165, 1.54) is 25.0 Å². The highest BCUT2D eigenvalue weighted by molar-refractivity contribution is 5.97. The third-order valence-electron chi connectivity index (χ3n) is 6.11. The van der Waals surface area contributed by atoms with E-state index in [0.717, 1.165) is 4.90 Å². The first kappa shape index (κ1) is 28.8. The molecule has 0 N–H and O–H groups in total. The van der Waals surface area contributed by atoms with Crippen molar-refractivity contribution < 1.29 is 49.8 Å². The van der Waals surface area contributed by atoms with Crippen LogP contribution in [-0.2, 0) is 30.2 Å². The van der Waals surface area contributed by atoms with Crippen molar-refractivity contribution in [1.29, 1.82) is 0 Å². The molecule has 2 heterocycles. The highest BCUT2D eigenvalue weighted by atomic mass is 19.4. The Labute approximate surface area is 224 Å². The molecule has 40 heavy (non-hydrogen) atoms. The molecule has 0 spiro atoms. The number of rotatable bonds is 8. The molecule has 1 aromatic heterocycles. The Morgan fingerprint density at radius 2 is 1.52 bits per heavy atom. The van der Waals surface area contributed by atoms with E-state index in [1.807, 2.05) is 0 Å². The van der Waals surface area contributed by atoms with Crippen LogP contribution in [0.5, 0.6) is 11.5 Å². The van der Waals surface area contributed by atoms with Crippen LogP contribution in [0.1, 0.15) is 46.7 Å². The highest BCUT2D eigenvalue weighted by Crippen LogP contribution is 2.37. The maximum atomic E-state index is 13.5. The molecule has 0 bridgehead atoms. The van der Waals surface area contributed by atoms with E-state index in [2.05, 4.69) is 0 Å². The van der Waals surface area contributed by atoms with Gasteiger partial charge in [0.25, 0.3) is 5.91 Å². The minimum absolute atomic E-state index is 0.0117. The molecule has 1 aliphatic heterocycles. The van der Waals surface area contributed by atoms with Crippen molar-refractivity contribution >= 4 is 11.8 Å². The van der Waals surface area contributed by atoms with Gasteiger partial charge in [0.15, 0.2) is 11.5 Å². The first-order valence-corrected chi connectivity index (χ1v) is 12.0. The Balaban J connectivity index is 1.62.